The lowest BCUT2D eigenvalue weighted by molar-refractivity contribution is -0.110. The first kappa shape index (κ1) is 18.3. The van der Waals surface area contributed by atoms with Crippen LogP contribution in [0, 0.1) is 0 Å². The number of benzene rings is 4. The van der Waals surface area contributed by atoms with E-state index in [2.05, 4.69) is 5.32 Å². The summed E-state index contributed by atoms with van der Waals surface area (Å²) in [5, 5.41) is 5.37. The number of para-hydroxylation sites is 2. The molecule has 1 amide bonds. The van der Waals surface area contributed by atoms with Crippen LogP contribution in [0.3, 0.4) is 0 Å². The average Bonchev–Trinajstić information content (AvgIpc) is 3.14. The lowest BCUT2D eigenvalue weighted by Crippen LogP contribution is -2.23. The second-order valence-electron chi connectivity index (χ2n) is 7.68. The fraction of sp³-hybridized carbons (Fsp3) is 0. The highest BCUT2D eigenvalue weighted by atomic mass is 16.2. The Hall–Kier alpha value is -4.51. The molecule has 5 nitrogen and oxygen atoms in total. The molecule has 1 aliphatic rings. The molecule has 0 aliphatic carbocycles. The van der Waals surface area contributed by atoms with Crippen LogP contribution < -0.4 is 10.9 Å². The van der Waals surface area contributed by atoms with Crippen molar-refractivity contribution in [2.45, 2.75) is 0 Å². The van der Waals surface area contributed by atoms with Crippen molar-refractivity contribution in [1.82, 2.24) is 9.55 Å². The molecular weight excluding hydrogens is 398 g/mol. The van der Waals surface area contributed by atoms with E-state index in [1.54, 1.807) is 16.7 Å². The van der Waals surface area contributed by atoms with Gasteiger partial charge in [0.25, 0.3) is 11.5 Å². The fourth-order valence-corrected chi connectivity index (χ4v) is 4.29. The van der Waals surface area contributed by atoms with Crippen molar-refractivity contribution < 1.29 is 4.79 Å². The summed E-state index contributed by atoms with van der Waals surface area (Å²) in [5.74, 6) is 0.199. The summed E-state index contributed by atoms with van der Waals surface area (Å²) in [4.78, 5) is 31.2. The second-order valence-corrected chi connectivity index (χ2v) is 7.68. The minimum absolute atomic E-state index is 0.175. The van der Waals surface area contributed by atoms with Crippen LogP contribution in [0.15, 0.2) is 95.8 Å². The highest BCUT2D eigenvalue weighted by Crippen LogP contribution is 2.33. The molecule has 5 aromatic rings. The van der Waals surface area contributed by atoms with E-state index < -0.39 is 0 Å². The topological polar surface area (TPSA) is 64.0 Å². The van der Waals surface area contributed by atoms with Gasteiger partial charge in [-0.3, -0.25) is 14.2 Å². The summed E-state index contributed by atoms with van der Waals surface area (Å²) in [7, 11) is 0. The average molecular weight is 415 g/mol. The largest absolute Gasteiger partial charge is 0.321 e. The van der Waals surface area contributed by atoms with Crippen molar-refractivity contribution in [2.75, 3.05) is 5.32 Å². The third kappa shape index (κ3) is 2.76. The number of aromatic nitrogens is 2. The lowest BCUT2D eigenvalue weighted by Gasteiger charge is -2.14. The van der Waals surface area contributed by atoms with Crippen LogP contribution in [-0.2, 0) is 4.79 Å². The molecule has 2 heterocycles. The molecule has 0 saturated carbocycles. The van der Waals surface area contributed by atoms with Crippen LogP contribution in [0.25, 0.3) is 39.0 Å². The first-order chi connectivity index (χ1) is 15.7. The SMILES string of the molecule is O=C1Nc2ccccc2/C1=C\c1nc2ccccc2c(=O)n1-c1cccc2ccccc12. The number of nitrogens with one attached hydrogen (secondary N) is 1. The van der Waals surface area contributed by atoms with E-state index in [1.165, 1.54) is 0 Å². The van der Waals surface area contributed by atoms with E-state index in [1.807, 2.05) is 84.9 Å². The molecule has 4 aromatic carbocycles. The van der Waals surface area contributed by atoms with E-state index in [9.17, 15) is 9.59 Å². The Balaban J connectivity index is 1.71. The molecule has 0 atom stereocenters. The zero-order valence-corrected chi connectivity index (χ0v) is 16.9. The number of hydrogen-bond acceptors (Lipinski definition) is 3. The summed E-state index contributed by atoms with van der Waals surface area (Å²) < 4.78 is 1.60. The molecule has 0 saturated heterocycles. The van der Waals surface area contributed by atoms with Gasteiger partial charge in [-0.2, -0.15) is 0 Å². The molecule has 5 heteroatoms. The number of rotatable bonds is 2. The zero-order valence-electron chi connectivity index (χ0n) is 16.9. The van der Waals surface area contributed by atoms with Gasteiger partial charge in [0.15, 0.2) is 0 Å². The van der Waals surface area contributed by atoms with Gasteiger partial charge < -0.3 is 5.32 Å². The Morgan fingerprint density at radius 1 is 0.750 bits per heavy atom. The smallest absolute Gasteiger partial charge is 0.266 e. The Kier molecular flexibility index (Phi) is 4.01. The molecule has 0 radical (unpaired) electrons. The molecule has 1 N–H and O–H groups in total. The van der Waals surface area contributed by atoms with E-state index in [-0.39, 0.29) is 11.5 Å². The molecule has 1 aliphatic heterocycles. The number of fused-ring (bicyclic) bond motifs is 3. The molecule has 0 fully saturated rings. The predicted molar refractivity (Wildman–Crippen MR) is 128 cm³/mol. The van der Waals surface area contributed by atoms with Crippen LogP contribution in [0.1, 0.15) is 11.4 Å². The van der Waals surface area contributed by atoms with Crippen LogP contribution in [0.5, 0.6) is 0 Å². The van der Waals surface area contributed by atoms with Crippen molar-refractivity contribution in [2.24, 2.45) is 0 Å². The van der Waals surface area contributed by atoms with Gasteiger partial charge in [-0.05, 0) is 35.7 Å². The maximum atomic E-state index is 13.7. The number of anilines is 1. The molecule has 0 unspecified atom stereocenters. The van der Waals surface area contributed by atoms with Gasteiger partial charge in [0.1, 0.15) is 5.82 Å². The Bertz CT molecular complexity index is 1640. The lowest BCUT2D eigenvalue weighted by atomic mass is 10.1. The summed E-state index contributed by atoms with van der Waals surface area (Å²) in [5.41, 5.74) is 3.17. The maximum absolute atomic E-state index is 13.7. The van der Waals surface area contributed by atoms with Crippen molar-refractivity contribution in [3.63, 3.8) is 0 Å². The van der Waals surface area contributed by atoms with Gasteiger partial charge in [-0.1, -0.05) is 66.7 Å². The van der Waals surface area contributed by atoms with Crippen LogP contribution in [0.4, 0.5) is 5.69 Å². The van der Waals surface area contributed by atoms with Crippen molar-refractivity contribution in [3.05, 3.63) is 113 Å². The molecule has 1 aromatic heterocycles. The molecule has 32 heavy (non-hydrogen) atoms. The predicted octanol–water partition coefficient (Wildman–Crippen LogP) is 5.03. The fourth-order valence-electron chi connectivity index (χ4n) is 4.29. The third-order valence-electron chi connectivity index (χ3n) is 5.79. The molecule has 0 spiro atoms. The zero-order chi connectivity index (χ0) is 21.7. The van der Waals surface area contributed by atoms with Gasteiger partial charge in [0.05, 0.1) is 22.2 Å². The first-order valence-electron chi connectivity index (χ1n) is 10.3. The van der Waals surface area contributed by atoms with Gasteiger partial charge in [0.2, 0.25) is 0 Å². The highest BCUT2D eigenvalue weighted by molar-refractivity contribution is 6.34. The highest BCUT2D eigenvalue weighted by Gasteiger charge is 2.25. The third-order valence-corrected chi connectivity index (χ3v) is 5.79. The number of nitrogens with zero attached hydrogens (tertiary/aromatic N) is 2. The Morgan fingerprint density at radius 2 is 1.47 bits per heavy atom. The number of carbonyl (C=O) groups is 1. The monoisotopic (exact) mass is 415 g/mol. The molecular formula is C27H17N3O2. The van der Waals surface area contributed by atoms with Gasteiger partial charge in [0, 0.05) is 16.6 Å². The minimum Gasteiger partial charge on any atom is -0.321 e. The maximum Gasteiger partial charge on any atom is 0.266 e. The summed E-state index contributed by atoms with van der Waals surface area (Å²) >= 11 is 0. The minimum atomic E-state index is -0.210. The van der Waals surface area contributed by atoms with Gasteiger partial charge >= 0.3 is 0 Å². The van der Waals surface area contributed by atoms with Gasteiger partial charge in [-0.15, -0.1) is 0 Å². The normalized spacial score (nSPS) is 14.1. The van der Waals surface area contributed by atoms with E-state index >= 15 is 0 Å². The van der Waals surface area contributed by atoms with E-state index in [0.29, 0.717) is 22.3 Å². The quantitative estimate of drug-likeness (QED) is 0.411. The van der Waals surface area contributed by atoms with Crippen LogP contribution in [-0.4, -0.2) is 15.5 Å². The van der Waals surface area contributed by atoms with Crippen molar-refractivity contribution >= 4 is 44.9 Å². The molecule has 152 valence electrons. The standard InChI is InChI=1S/C27H17N3O2/c31-26-21(19-11-3-5-13-22(19)29-26)16-25-28-23-14-6-4-12-20(23)27(32)30(25)24-15-7-9-17-8-1-2-10-18(17)24/h1-16H,(H,29,31)/b21-16+. The molecule has 0 bridgehead atoms. The summed E-state index contributed by atoms with van der Waals surface area (Å²) in [6.07, 6.45) is 1.71. The van der Waals surface area contributed by atoms with E-state index in [0.717, 1.165) is 27.7 Å². The Labute approximate surface area is 183 Å². The number of amides is 1. The number of hydrogen-bond donors (Lipinski definition) is 1. The Morgan fingerprint density at radius 3 is 2.38 bits per heavy atom. The molecule has 6 rings (SSSR count). The summed E-state index contributed by atoms with van der Waals surface area (Å²) in [6, 6.07) is 28.5. The number of carbonyl (C=O) groups excluding carboxylic acids is 1. The van der Waals surface area contributed by atoms with Crippen LogP contribution >= 0.6 is 0 Å². The van der Waals surface area contributed by atoms with Crippen LogP contribution in [0.2, 0.25) is 0 Å². The first-order valence-corrected chi connectivity index (χ1v) is 10.3. The van der Waals surface area contributed by atoms with Crippen molar-refractivity contribution in [1.29, 1.82) is 0 Å². The second kappa shape index (κ2) is 7.03. The van der Waals surface area contributed by atoms with E-state index in [4.69, 9.17) is 4.98 Å². The van der Waals surface area contributed by atoms with Crippen molar-refractivity contribution in [3.8, 4) is 5.69 Å². The van der Waals surface area contributed by atoms with Gasteiger partial charge in [-0.25, -0.2) is 4.98 Å². The summed E-state index contributed by atoms with van der Waals surface area (Å²) in [6.45, 7) is 0.